The van der Waals surface area contributed by atoms with Gasteiger partial charge in [-0.3, -0.25) is 4.72 Å². The maximum Gasteiger partial charge on any atom is 0.274 e. The van der Waals surface area contributed by atoms with E-state index in [0.717, 1.165) is 29.9 Å². The predicted molar refractivity (Wildman–Crippen MR) is 72.0 cm³/mol. The summed E-state index contributed by atoms with van der Waals surface area (Å²) < 4.78 is 26.7. The summed E-state index contributed by atoms with van der Waals surface area (Å²) in [5, 5.41) is 2.29. The van der Waals surface area contributed by atoms with Gasteiger partial charge in [-0.1, -0.05) is 22.9 Å². The third kappa shape index (κ3) is 2.51. The van der Waals surface area contributed by atoms with Crippen molar-refractivity contribution in [2.45, 2.75) is 23.0 Å². The normalized spacial score (nSPS) is 15.8. The fraction of sp³-hybridized carbons (Fsp3) is 0.333. The van der Waals surface area contributed by atoms with Crippen molar-refractivity contribution in [1.82, 2.24) is 9.97 Å². The summed E-state index contributed by atoms with van der Waals surface area (Å²) >= 11 is 7.84. The second kappa shape index (κ2) is 4.44. The van der Waals surface area contributed by atoms with E-state index in [4.69, 9.17) is 11.6 Å². The van der Waals surface area contributed by atoms with Crippen LogP contribution in [0.5, 0.6) is 0 Å². The van der Waals surface area contributed by atoms with Crippen LogP contribution in [0.15, 0.2) is 15.8 Å². The summed E-state index contributed by atoms with van der Waals surface area (Å²) in [4.78, 5) is 7.98. The lowest BCUT2D eigenvalue weighted by Crippen LogP contribution is -2.11. The zero-order valence-electron chi connectivity index (χ0n) is 8.96. The number of anilines is 1. The molecule has 1 N–H and O–H groups in total. The van der Waals surface area contributed by atoms with Gasteiger partial charge in [0.15, 0.2) is 13.8 Å². The monoisotopic (exact) mass is 321 g/mol. The molecular formula is C9H8ClN3O2S3. The van der Waals surface area contributed by atoms with Gasteiger partial charge in [0.1, 0.15) is 0 Å². The first-order valence-electron chi connectivity index (χ1n) is 5.14. The molecule has 18 heavy (non-hydrogen) atoms. The topological polar surface area (TPSA) is 72.0 Å². The van der Waals surface area contributed by atoms with Gasteiger partial charge in [0.25, 0.3) is 10.0 Å². The Morgan fingerprint density at radius 3 is 2.83 bits per heavy atom. The average molecular weight is 322 g/mol. The van der Waals surface area contributed by atoms with Crippen molar-refractivity contribution in [3.05, 3.63) is 21.7 Å². The largest absolute Gasteiger partial charge is 0.274 e. The fourth-order valence-corrected chi connectivity index (χ4v) is 4.77. The van der Waals surface area contributed by atoms with E-state index in [1.54, 1.807) is 0 Å². The van der Waals surface area contributed by atoms with Crippen molar-refractivity contribution in [3.63, 3.8) is 0 Å². The highest BCUT2D eigenvalue weighted by Gasteiger charge is 2.27. The molecule has 1 aliphatic rings. The van der Waals surface area contributed by atoms with Gasteiger partial charge in [-0.25, -0.2) is 18.4 Å². The van der Waals surface area contributed by atoms with E-state index in [0.29, 0.717) is 11.0 Å². The van der Waals surface area contributed by atoms with E-state index in [1.165, 1.54) is 17.5 Å². The number of hydrogen-bond donors (Lipinski definition) is 1. The zero-order valence-corrected chi connectivity index (χ0v) is 12.2. The van der Waals surface area contributed by atoms with Crippen molar-refractivity contribution < 1.29 is 8.42 Å². The maximum absolute atomic E-state index is 12.0. The van der Waals surface area contributed by atoms with Crippen LogP contribution in [-0.2, 0) is 10.0 Å². The van der Waals surface area contributed by atoms with Crippen LogP contribution in [0.3, 0.4) is 0 Å². The average Bonchev–Trinajstić information content (AvgIpc) is 2.89. The standard InChI is InChI=1S/C9H8ClN3O2S3/c10-8-11-3-7(17-8)18(14,15)13-9-12-6(4-16-9)5-1-2-5/h3-5H,1-2H2,(H,12,13). The van der Waals surface area contributed by atoms with E-state index >= 15 is 0 Å². The Morgan fingerprint density at radius 1 is 1.44 bits per heavy atom. The molecule has 1 saturated carbocycles. The summed E-state index contributed by atoms with van der Waals surface area (Å²) in [7, 11) is -3.61. The third-order valence-electron chi connectivity index (χ3n) is 2.46. The van der Waals surface area contributed by atoms with Gasteiger partial charge in [-0.05, 0) is 12.8 Å². The number of rotatable bonds is 4. The van der Waals surface area contributed by atoms with Crippen molar-refractivity contribution in [2.75, 3.05) is 4.72 Å². The number of hydrogen-bond acceptors (Lipinski definition) is 6. The van der Waals surface area contributed by atoms with Crippen molar-refractivity contribution in [1.29, 1.82) is 0 Å². The molecule has 0 amide bonds. The van der Waals surface area contributed by atoms with Crippen LogP contribution in [-0.4, -0.2) is 18.4 Å². The molecule has 0 unspecified atom stereocenters. The van der Waals surface area contributed by atoms with Gasteiger partial charge in [-0.2, -0.15) is 0 Å². The van der Waals surface area contributed by atoms with Crippen LogP contribution in [0.1, 0.15) is 24.5 Å². The molecule has 9 heteroatoms. The quantitative estimate of drug-likeness (QED) is 0.939. The summed E-state index contributed by atoms with van der Waals surface area (Å²) in [6, 6.07) is 0. The summed E-state index contributed by atoms with van der Waals surface area (Å²) in [5.74, 6) is 0.511. The molecule has 0 aromatic carbocycles. The molecule has 5 nitrogen and oxygen atoms in total. The summed E-state index contributed by atoms with van der Waals surface area (Å²) in [5.41, 5.74) is 0.972. The SMILES string of the molecule is O=S(=O)(Nc1nc(C2CC2)cs1)c1cnc(Cl)s1. The van der Waals surface area contributed by atoms with Gasteiger partial charge >= 0.3 is 0 Å². The fourth-order valence-electron chi connectivity index (χ4n) is 1.43. The Morgan fingerprint density at radius 2 is 2.22 bits per heavy atom. The van der Waals surface area contributed by atoms with Gasteiger partial charge in [-0.15, -0.1) is 11.3 Å². The summed E-state index contributed by atoms with van der Waals surface area (Å²) in [6.07, 6.45) is 3.52. The van der Waals surface area contributed by atoms with E-state index in [2.05, 4.69) is 14.7 Å². The highest BCUT2D eigenvalue weighted by molar-refractivity contribution is 7.94. The number of nitrogens with zero attached hydrogens (tertiary/aromatic N) is 2. The minimum absolute atomic E-state index is 0.0932. The van der Waals surface area contributed by atoms with Crippen LogP contribution in [0.4, 0.5) is 5.13 Å². The Labute approximate surface area is 117 Å². The van der Waals surface area contributed by atoms with Crippen LogP contribution >= 0.6 is 34.3 Å². The van der Waals surface area contributed by atoms with E-state index in [1.807, 2.05) is 5.38 Å². The number of nitrogens with one attached hydrogen (secondary N) is 1. The molecule has 2 heterocycles. The second-order valence-corrected chi connectivity index (χ2v) is 8.27. The van der Waals surface area contributed by atoms with Crippen LogP contribution in [0, 0.1) is 0 Å². The van der Waals surface area contributed by atoms with Crippen molar-refractivity contribution in [2.24, 2.45) is 0 Å². The van der Waals surface area contributed by atoms with Gasteiger partial charge in [0, 0.05) is 11.3 Å². The van der Waals surface area contributed by atoms with E-state index in [9.17, 15) is 8.42 Å². The molecule has 0 aliphatic heterocycles. The minimum atomic E-state index is -3.61. The summed E-state index contributed by atoms with van der Waals surface area (Å²) in [6.45, 7) is 0. The molecule has 2 aromatic rings. The zero-order chi connectivity index (χ0) is 12.8. The molecule has 0 radical (unpaired) electrons. The number of halogens is 1. The highest BCUT2D eigenvalue weighted by atomic mass is 35.5. The van der Waals surface area contributed by atoms with Crippen LogP contribution in [0.25, 0.3) is 0 Å². The second-order valence-electron chi connectivity index (χ2n) is 3.89. The minimum Gasteiger partial charge on any atom is -0.254 e. The molecule has 0 atom stereocenters. The lowest BCUT2D eigenvalue weighted by atomic mass is 10.3. The van der Waals surface area contributed by atoms with E-state index in [-0.39, 0.29) is 8.68 Å². The third-order valence-corrected chi connectivity index (χ3v) is 6.28. The van der Waals surface area contributed by atoms with Crippen molar-refractivity contribution >= 4 is 49.4 Å². The number of sulfonamides is 1. The lowest BCUT2D eigenvalue weighted by Gasteiger charge is -2.00. The lowest BCUT2D eigenvalue weighted by molar-refractivity contribution is 0.603. The molecule has 96 valence electrons. The first-order valence-corrected chi connectivity index (χ1v) is 8.70. The van der Waals surface area contributed by atoms with Gasteiger partial charge in [0.2, 0.25) is 0 Å². The Hall–Kier alpha value is -0.700. The Bertz CT molecular complexity index is 675. The molecule has 1 aliphatic carbocycles. The highest BCUT2D eigenvalue weighted by Crippen LogP contribution is 2.41. The predicted octanol–water partition coefficient (Wildman–Crippen LogP) is 2.93. The molecule has 3 rings (SSSR count). The first-order chi connectivity index (χ1) is 8.54. The maximum atomic E-state index is 12.0. The number of thiazole rings is 2. The van der Waals surface area contributed by atoms with Crippen LogP contribution in [0.2, 0.25) is 4.47 Å². The van der Waals surface area contributed by atoms with Crippen molar-refractivity contribution in [3.8, 4) is 0 Å². The first kappa shape index (κ1) is 12.3. The molecule has 2 aromatic heterocycles. The number of aromatic nitrogens is 2. The molecular weight excluding hydrogens is 314 g/mol. The smallest absolute Gasteiger partial charge is 0.254 e. The molecule has 0 saturated heterocycles. The molecule has 1 fully saturated rings. The van der Waals surface area contributed by atoms with E-state index < -0.39 is 10.0 Å². The Kier molecular flexibility index (Phi) is 3.05. The molecule has 0 spiro atoms. The van der Waals surface area contributed by atoms with Gasteiger partial charge in [0.05, 0.1) is 11.9 Å². The van der Waals surface area contributed by atoms with Crippen LogP contribution < -0.4 is 4.72 Å². The molecule has 0 bridgehead atoms. The van der Waals surface area contributed by atoms with Gasteiger partial charge < -0.3 is 0 Å². The Balaban J connectivity index is 1.81.